The highest BCUT2D eigenvalue weighted by Gasteiger charge is 2.21. The van der Waals surface area contributed by atoms with Gasteiger partial charge in [-0.05, 0) is 43.5 Å². The van der Waals surface area contributed by atoms with Crippen LogP contribution in [0.25, 0.3) is 15.9 Å². The summed E-state index contributed by atoms with van der Waals surface area (Å²) in [7, 11) is 0. The van der Waals surface area contributed by atoms with Crippen molar-refractivity contribution in [2.24, 2.45) is 0 Å². The lowest BCUT2D eigenvalue weighted by Gasteiger charge is -2.15. The van der Waals surface area contributed by atoms with Gasteiger partial charge in [0.1, 0.15) is 11.4 Å². The van der Waals surface area contributed by atoms with Gasteiger partial charge in [0.15, 0.2) is 0 Å². The number of thiophene rings is 1. The molecular weight excluding hydrogens is 410 g/mol. The van der Waals surface area contributed by atoms with Gasteiger partial charge in [-0.1, -0.05) is 37.4 Å². The van der Waals surface area contributed by atoms with Crippen LogP contribution < -0.4 is 16.6 Å². The largest absolute Gasteiger partial charge is 0.352 e. The number of nitrogens with one attached hydrogen (secondary N) is 1. The third-order valence-electron chi connectivity index (χ3n) is 5.30. The molecule has 0 saturated heterocycles. The Morgan fingerprint density at radius 2 is 2.00 bits per heavy atom. The molecule has 1 aliphatic carbocycles. The Morgan fingerprint density at radius 1 is 1.24 bits per heavy atom. The van der Waals surface area contributed by atoms with Crippen molar-refractivity contribution >= 4 is 39.1 Å². The van der Waals surface area contributed by atoms with Gasteiger partial charge >= 0.3 is 5.69 Å². The smallest absolute Gasteiger partial charge is 0.337 e. The molecule has 29 heavy (non-hydrogen) atoms. The summed E-state index contributed by atoms with van der Waals surface area (Å²) in [4.78, 5) is 40.6. The van der Waals surface area contributed by atoms with Crippen molar-refractivity contribution in [1.82, 2.24) is 14.5 Å². The minimum absolute atomic E-state index is 0.115. The summed E-state index contributed by atoms with van der Waals surface area (Å²) in [5.41, 5.74) is -0.532. The molecule has 3 aromatic rings. The molecule has 1 N–H and O–H groups in total. The number of fused-ring (bicyclic) bond motifs is 1. The molecule has 0 aliphatic heterocycles. The van der Waals surface area contributed by atoms with Crippen molar-refractivity contribution in [3.63, 3.8) is 0 Å². The minimum atomic E-state index is -0.532. The number of amides is 1. The number of carbonyl (C=O) groups excluding carboxylic acids is 1. The van der Waals surface area contributed by atoms with Gasteiger partial charge in [-0.25, -0.2) is 9.36 Å². The SMILES string of the molecule is CCc1cc2c(=O)n(-c3cccc(Cl)c3)c(=O)n(CC(=O)NC3CCCC3)c2s1. The quantitative estimate of drug-likeness (QED) is 0.672. The molecule has 0 unspecified atom stereocenters. The standard InChI is InChI=1S/C21H22ClN3O3S/c1-2-16-11-17-19(27)25(15-9-5-6-13(22)10-15)21(28)24(20(17)29-16)12-18(26)23-14-7-3-4-8-14/h5-6,9-11,14H,2-4,7-8,12H2,1H3,(H,23,26). The van der Waals surface area contributed by atoms with Crippen molar-refractivity contribution < 1.29 is 4.79 Å². The molecular formula is C21H22ClN3O3S. The van der Waals surface area contributed by atoms with Crippen LogP contribution in [0.3, 0.4) is 0 Å². The topological polar surface area (TPSA) is 73.1 Å². The van der Waals surface area contributed by atoms with Gasteiger partial charge in [0, 0.05) is 15.9 Å². The second kappa shape index (κ2) is 8.16. The Bertz CT molecular complexity index is 1190. The molecule has 2 heterocycles. The molecule has 1 amide bonds. The zero-order valence-electron chi connectivity index (χ0n) is 16.1. The monoisotopic (exact) mass is 431 g/mol. The highest BCUT2D eigenvalue weighted by molar-refractivity contribution is 7.18. The van der Waals surface area contributed by atoms with Crippen molar-refractivity contribution in [2.75, 3.05) is 0 Å². The summed E-state index contributed by atoms with van der Waals surface area (Å²) in [5, 5.41) is 3.89. The number of halogens is 1. The Balaban J connectivity index is 1.85. The molecule has 8 heteroatoms. The molecule has 0 radical (unpaired) electrons. The van der Waals surface area contributed by atoms with Gasteiger partial charge in [0.25, 0.3) is 5.56 Å². The Hall–Kier alpha value is -2.38. The maximum absolute atomic E-state index is 13.3. The highest BCUT2D eigenvalue weighted by Crippen LogP contribution is 2.24. The van der Waals surface area contributed by atoms with E-state index in [0.29, 0.717) is 20.9 Å². The fourth-order valence-electron chi connectivity index (χ4n) is 3.84. The normalized spacial score (nSPS) is 14.6. The zero-order chi connectivity index (χ0) is 20.5. The fourth-order valence-corrected chi connectivity index (χ4v) is 5.11. The van der Waals surface area contributed by atoms with Crippen LogP contribution >= 0.6 is 22.9 Å². The van der Waals surface area contributed by atoms with E-state index in [1.807, 2.05) is 13.0 Å². The van der Waals surface area contributed by atoms with Gasteiger partial charge in [-0.3, -0.25) is 14.2 Å². The molecule has 152 valence electrons. The molecule has 0 bridgehead atoms. The first-order valence-corrected chi connectivity index (χ1v) is 11.0. The lowest BCUT2D eigenvalue weighted by atomic mass is 10.2. The summed E-state index contributed by atoms with van der Waals surface area (Å²) < 4.78 is 2.51. The van der Waals surface area contributed by atoms with Gasteiger partial charge in [-0.15, -0.1) is 11.3 Å². The van der Waals surface area contributed by atoms with E-state index in [4.69, 9.17) is 11.6 Å². The van der Waals surface area contributed by atoms with E-state index < -0.39 is 11.2 Å². The highest BCUT2D eigenvalue weighted by atomic mass is 35.5. The van der Waals surface area contributed by atoms with Crippen LogP contribution in [0.15, 0.2) is 39.9 Å². The van der Waals surface area contributed by atoms with E-state index >= 15 is 0 Å². The molecule has 6 nitrogen and oxygen atoms in total. The second-order valence-corrected chi connectivity index (χ2v) is 8.87. The molecule has 2 aromatic heterocycles. The van der Waals surface area contributed by atoms with Gasteiger partial charge in [0.05, 0.1) is 11.1 Å². The maximum Gasteiger partial charge on any atom is 0.337 e. The Kier molecular flexibility index (Phi) is 5.61. The van der Waals surface area contributed by atoms with Crippen molar-refractivity contribution in [1.29, 1.82) is 0 Å². The fraction of sp³-hybridized carbons (Fsp3) is 0.381. The molecule has 1 saturated carbocycles. The lowest BCUT2D eigenvalue weighted by molar-refractivity contribution is -0.122. The van der Waals surface area contributed by atoms with Gasteiger partial charge in [0.2, 0.25) is 5.91 Å². The average molecular weight is 432 g/mol. The number of aromatic nitrogens is 2. The third-order valence-corrected chi connectivity index (χ3v) is 6.84. The third kappa shape index (κ3) is 3.89. The number of benzene rings is 1. The van der Waals surface area contributed by atoms with Crippen molar-refractivity contribution in [3.8, 4) is 5.69 Å². The number of rotatable bonds is 5. The van der Waals surface area contributed by atoms with Crippen molar-refractivity contribution in [3.05, 3.63) is 61.1 Å². The Morgan fingerprint density at radius 3 is 2.69 bits per heavy atom. The summed E-state index contributed by atoms with van der Waals surface area (Å²) in [5.74, 6) is -0.206. The van der Waals surface area contributed by atoms with Crippen LogP contribution in [0.5, 0.6) is 0 Å². The van der Waals surface area contributed by atoms with E-state index in [1.54, 1.807) is 24.3 Å². The average Bonchev–Trinajstić information content (AvgIpc) is 3.35. The van der Waals surface area contributed by atoms with Crippen LogP contribution in [-0.4, -0.2) is 21.1 Å². The maximum atomic E-state index is 13.3. The number of nitrogens with zero attached hydrogens (tertiary/aromatic N) is 2. The van der Waals surface area contributed by atoms with E-state index in [-0.39, 0.29) is 18.5 Å². The van der Waals surface area contributed by atoms with E-state index in [0.717, 1.165) is 41.5 Å². The van der Waals surface area contributed by atoms with Crippen LogP contribution in [0.4, 0.5) is 0 Å². The summed E-state index contributed by atoms with van der Waals surface area (Å²) in [6.07, 6.45) is 4.91. The first-order chi connectivity index (χ1) is 14.0. The number of hydrogen-bond donors (Lipinski definition) is 1. The van der Waals surface area contributed by atoms with Gasteiger partial charge < -0.3 is 5.32 Å². The number of aryl methyl sites for hydroxylation is 1. The predicted molar refractivity (Wildman–Crippen MR) is 116 cm³/mol. The second-order valence-electron chi connectivity index (χ2n) is 7.32. The van der Waals surface area contributed by atoms with Crippen LogP contribution in [0.1, 0.15) is 37.5 Å². The van der Waals surface area contributed by atoms with Gasteiger partial charge in [-0.2, -0.15) is 0 Å². The minimum Gasteiger partial charge on any atom is -0.352 e. The van der Waals surface area contributed by atoms with Crippen LogP contribution in [0, 0.1) is 0 Å². The molecule has 0 spiro atoms. The molecule has 1 fully saturated rings. The summed E-state index contributed by atoms with van der Waals surface area (Å²) in [6, 6.07) is 8.59. The predicted octanol–water partition coefficient (Wildman–Crippen LogP) is 3.49. The van der Waals surface area contributed by atoms with E-state index in [1.165, 1.54) is 15.9 Å². The molecule has 1 aliphatic rings. The number of hydrogen-bond acceptors (Lipinski definition) is 4. The first kappa shape index (κ1) is 19.9. The molecule has 4 rings (SSSR count). The molecule has 1 aromatic carbocycles. The van der Waals surface area contributed by atoms with Crippen LogP contribution in [0.2, 0.25) is 5.02 Å². The first-order valence-electron chi connectivity index (χ1n) is 9.81. The lowest BCUT2D eigenvalue weighted by Crippen LogP contribution is -2.42. The van der Waals surface area contributed by atoms with E-state index in [9.17, 15) is 14.4 Å². The van der Waals surface area contributed by atoms with Crippen molar-refractivity contribution in [2.45, 2.75) is 51.6 Å². The summed E-state index contributed by atoms with van der Waals surface area (Å²) >= 11 is 7.46. The zero-order valence-corrected chi connectivity index (χ0v) is 17.7. The molecule has 0 atom stereocenters. The van der Waals surface area contributed by atoms with E-state index in [2.05, 4.69) is 5.32 Å². The van der Waals surface area contributed by atoms with Crippen LogP contribution in [-0.2, 0) is 17.8 Å². The Labute approximate surface area is 176 Å². The number of carbonyl (C=O) groups is 1. The summed E-state index contributed by atoms with van der Waals surface area (Å²) in [6.45, 7) is 1.88.